The highest BCUT2D eigenvalue weighted by molar-refractivity contribution is 5.99. The highest BCUT2D eigenvalue weighted by Gasteiger charge is 2.25. The number of nitrogens with zero attached hydrogens (tertiary/aromatic N) is 2. The van der Waals surface area contributed by atoms with Crippen LogP contribution in [0.2, 0.25) is 0 Å². The summed E-state index contributed by atoms with van der Waals surface area (Å²) >= 11 is 0. The summed E-state index contributed by atoms with van der Waals surface area (Å²) in [6.45, 7) is 9.77. The number of carbonyl (C=O) groups is 1. The number of halogens is 1. The summed E-state index contributed by atoms with van der Waals surface area (Å²) in [4.78, 5) is 17.5. The zero-order chi connectivity index (χ0) is 20.4. The molecule has 2 saturated heterocycles. The minimum atomic E-state index is 0. The van der Waals surface area contributed by atoms with Crippen LogP contribution in [0.15, 0.2) is 36.4 Å². The lowest BCUT2D eigenvalue weighted by molar-refractivity contribution is 0.0636. The van der Waals surface area contributed by atoms with Crippen molar-refractivity contribution in [3.05, 3.63) is 42.0 Å². The minimum absolute atomic E-state index is 0. The molecular formula is C25H35ClN2O2. The van der Waals surface area contributed by atoms with Gasteiger partial charge >= 0.3 is 0 Å². The van der Waals surface area contributed by atoms with Crippen LogP contribution in [0.4, 0.5) is 0 Å². The largest absolute Gasteiger partial charge is 0.490 e. The second-order valence-corrected chi connectivity index (χ2v) is 9.01. The first-order valence-electron chi connectivity index (χ1n) is 11.3. The van der Waals surface area contributed by atoms with Gasteiger partial charge in [0.2, 0.25) is 0 Å². The van der Waals surface area contributed by atoms with Crippen molar-refractivity contribution in [2.24, 2.45) is 0 Å². The van der Waals surface area contributed by atoms with Crippen LogP contribution in [0, 0.1) is 0 Å². The number of benzene rings is 2. The van der Waals surface area contributed by atoms with Crippen LogP contribution in [0.1, 0.15) is 63.2 Å². The Labute approximate surface area is 187 Å². The fourth-order valence-electron chi connectivity index (χ4n) is 4.70. The predicted octanol–water partition coefficient (Wildman–Crippen LogP) is 5.53. The lowest BCUT2D eigenvalue weighted by Crippen LogP contribution is -2.42. The Morgan fingerprint density at radius 2 is 1.67 bits per heavy atom. The Morgan fingerprint density at radius 3 is 2.37 bits per heavy atom. The molecule has 0 aliphatic carbocycles. The van der Waals surface area contributed by atoms with Crippen LogP contribution >= 0.6 is 12.4 Å². The summed E-state index contributed by atoms with van der Waals surface area (Å²) in [7, 11) is 0. The van der Waals surface area contributed by atoms with Crippen LogP contribution in [0.3, 0.4) is 0 Å². The summed E-state index contributed by atoms with van der Waals surface area (Å²) in [5.74, 6) is 1.10. The van der Waals surface area contributed by atoms with Crippen LogP contribution in [0.5, 0.6) is 5.75 Å². The average molecular weight is 431 g/mol. The Morgan fingerprint density at radius 1 is 0.967 bits per heavy atom. The fourth-order valence-corrected chi connectivity index (χ4v) is 4.70. The Balaban J connectivity index is 0.00000256. The van der Waals surface area contributed by atoms with Gasteiger partial charge in [0.15, 0.2) is 0 Å². The van der Waals surface area contributed by atoms with E-state index in [1.165, 1.54) is 6.42 Å². The second-order valence-electron chi connectivity index (χ2n) is 9.01. The molecule has 0 N–H and O–H groups in total. The molecule has 1 unspecified atom stereocenters. The summed E-state index contributed by atoms with van der Waals surface area (Å²) in [6.07, 6.45) is 5.90. The standard InChI is InChI=1S/C25H34N2O2.ClH/c1-18(2)26-14-11-23(12-15-26)29-24-10-9-20-16-22(8-7-21(20)17-24)25(28)27-13-5-4-6-19(27)3;/h7-10,16-19,23H,4-6,11-15H2,1-3H3;1H. The lowest BCUT2D eigenvalue weighted by Gasteiger charge is -2.34. The third-order valence-corrected chi connectivity index (χ3v) is 6.63. The van der Waals surface area contributed by atoms with Gasteiger partial charge in [-0.25, -0.2) is 0 Å². The SMILES string of the molecule is CC(C)N1CCC(Oc2ccc3cc(C(=O)N4CCCCC4C)ccc3c2)CC1.Cl. The van der Waals surface area contributed by atoms with Crippen molar-refractivity contribution in [1.29, 1.82) is 0 Å². The monoisotopic (exact) mass is 430 g/mol. The molecule has 2 fully saturated rings. The first-order chi connectivity index (χ1) is 14.0. The molecule has 164 valence electrons. The molecule has 2 aromatic carbocycles. The van der Waals surface area contributed by atoms with E-state index in [1.807, 2.05) is 17.0 Å². The number of rotatable bonds is 4. The van der Waals surface area contributed by atoms with Crippen molar-refractivity contribution < 1.29 is 9.53 Å². The topological polar surface area (TPSA) is 32.8 Å². The normalized spacial score (nSPS) is 20.9. The third-order valence-electron chi connectivity index (χ3n) is 6.63. The van der Waals surface area contributed by atoms with E-state index in [9.17, 15) is 4.79 Å². The van der Waals surface area contributed by atoms with Crippen LogP contribution in [0.25, 0.3) is 10.8 Å². The molecule has 5 heteroatoms. The van der Waals surface area contributed by atoms with Crippen molar-refractivity contribution in [1.82, 2.24) is 9.80 Å². The van der Waals surface area contributed by atoms with E-state index in [0.29, 0.717) is 18.2 Å². The Bertz CT molecular complexity index is 861. The molecule has 2 aromatic rings. The molecule has 2 aliphatic rings. The molecule has 1 amide bonds. The van der Waals surface area contributed by atoms with Crippen molar-refractivity contribution in [2.75, 3.05) is 19.6 Å². The first-order valence-corrected chi connectivity index (χ1v) is 11.3. The number of carbonyl (C=O) groups excluding carboxylic acids is 1. The molecule has 0 saturated carbocycles. The van der Waals surface area contributed by atoms with E-state index in [-0.39, 0.29) is 18.3 Å². The molecule has 2 heterocycles. The van der Waals surface area contributed by atoms with E-state index in [4.69, 9.17) is 4.74 Å². The summed E-state index contributed by atoms with van der Waals surface area (Å²) in [5, 5.41) is 2.23. The van der Waals surface area contributed by atoms with Gasteiger partial charge in [0.25, 0.3) is 5.91 Å². The molecule has 0 spiro atoms. The zero-order valence-corrected chi connectivity index (χ0v) is 19.3. The highest BCUT2D eigenvalue weighted by Crippen LogP contribution is 2.27. The van der Waals surface area contributed by atoms with Gasteiger partial charge in [-0.05, 0) is 87.9 Å². The lowest BCUT2D eigenvalue weighted by atomic mass is 10.0. The molecule has 4 nitrogen and oxygen atoms in total. The van der Waals surface area contributed by atoms with Gasteiger partial charge in [0.1, 0.15) is 11.9 Å². The number of hydrogen-bond acceptors (Lipinski definition) is 3. The summed E-state index contributed by atoms with van der Waals surface area (Å²) in [5.41, 5.74) is 0.793. The third kappa shape index (κ3) is 5.09. The van der Waals surface area contributed by atoms with Crippen LogP contribution < -0.4 is 4.74 Å². The number of fused-ring (bicyclic) bond motifs is 1. The zero-order valence-electron chi connectivity index (χ0n) is 18.5. The maximum absolute atomic E-state index is 13.0. The summed E-state index contributed by atoms with van der Waals surface area (Å²) in [6, 6.07) is 13.3. The molecule has 0 aromatic heterocycles. The molecule has 2 aliphatic heterocycles. The van der Waals surface area contributed by atoms with Crippen molar-refractivity contribution in [3.8, 4) is 5.75 Å². The van der Waals surface area contributed by atoms with Crippen molar-refractivity contribution in [2.45, 2.75) is 71.1 Å². The quantitative estimate of drug-likeness (QED) is 0.639. The van der Waals surface area contributed by atoms with E-state index < -0.39 is 0 Å². The predicted molar refractivity (Wildman–Crippen MR) is 126 cm³/mol. The molecule has 0 bridgehead atoms. The van der Waals surface area contributed by atoms with Gasteiger partial charge in [0.05, 0.1) is 0 Å². The molecule has 30 heavy (non-hydrogen) atoms. The van der Waals surface area contributed by atoms with E-state index in [1.54, 1.807) is 0 Å². The minimum Gasteiger partial charge on any atom is -0.490 e. The van der Waals surface area contributed by atoms with Crippen LogP contribution in [-0.2, 0) is 0 Å². The van der Waals surface area contributed by atoms with Gasteiger partial charge in [-0.1, -0.05) is 12.1 Å². The van der Waals surface area contributed by atoms with Gasteiger partial charge in [0, 0.05) is 37.3 Å². The van der Waals surface area contributed by atoms with E-state index in [0.717, 1.165) is 67.4 Å². The molecule has 0 radical (unpaired) electrons. The van der Waals surface area contributed by atoms with Gasteiger partial charge < -0.3 is 14.5 Å². The van der Waals surface area contributed by atoms with Gasteiger partial charge in [-0.3, -0.25) is 4.79 Å². The average Bonchev–Trinajstić information content (AvgIpc) is 2.73. The van der Waals surface area contributed by atoms with Gasteiger partial charge in [-0.2, -0.15) is 0 Å². The van der Waals surface area contributed by atoms with Crippen molar-refractivity contribution >= 4 is 29.1 Å². The fraction of sp³-hybridized carbons (Fsp3) is 0.560. The van der Waals surface area contributed by atoms with Crippen molar-refractivity contribution in [3.63, 3.8) is 0 Å². The smallest absolute Gasteiger partial charge is 0.254 e. The highest BCUT2D eigenvalue weighted by atomic mass is 35.5. The number of amides is 1. The number of piperidine rings is 2. The van der Waals surface area contributed by atoms with E-state index >= 15 is 0 Å². The number of hydrogen-bond donors (Lipinski definition) is 0. The maximum Gasteiger partial charge on any atom is 0.254 e. The Hall–Kier alpha value is -1.78. The molecule has 4 rings (SSSR count). The van der Waals surface area contributed by atoms with Gasteiger partial charge in [-0.15, -0.1) is 12.4 Å². The number of likely N-dealkylation sites (tertiary alicyclic amines) is 2. The second kappa shape index (κ2) is 10.0. The molecule has 1 atom stereocenters. The first kappa shape index (κ1) is 22.9. The molecular weight excluding hydrogens is 396 g/mol. The summed E-state index contributed by atoms with van der Waals surface area (Å²) < 4.78 is 6.28. The Kier molecular flexibility index (Phi) is 7.65. The van der Waals surface area contributed by atoms with E-state index in [2.05, 4.69) is 49.9 Å². The maximum atomic E-state index is 13.0. The van der Waals surface area contributed by atoms with Crippen LogP contribution in [-0.4, -0.2) is 53.5 Å². The number of ether oxygens (including phenoxy) is 1.